The number of aryl methyl sites for hydroxylation is 1. The molecule has 6 nitrogen and oxygen atoms in total. The maximum absolute atomic E-state index is 13.9. The van der Waals surface area contributed by atoms with Gasteiger partial charge in [-0.1, -0.05) is 42.3 Å². The fraction of sp³-hybridized carbons (Fsp3) is 0.375. The number of anilines is 2. The van der Waals surface area contributed by atoms with Crippen LogP contribution in [0.3, 0.4) is 0 Å². The number of carbonyl (C=O) groups is 3. The topological polar surface area (TPSA) is 69.7 Å². The molecule has 3 fully saturated rings. The molecule has 0 aliphatic carbocycles. The number of rotatable bonds is 2. The average molecular weight is 470 g/mol. The monoisotopic (exact) mass is 469 g/mol. The van der Waals surface area contributed by atoms with Crippen molar-refractivity contribution < 1.29 is 14.4 Å². The summed E-state index contributed by atoms with van der Waals surface area (Å²) in [7, 11) is 0. The summed E-state index contributed by atoms with van der Waals surface area (Å²) < 4.78 is 0. The number of nitrogens with zero attached hydrogens (tertiary/aromatic N) is 2. The summed E-state index contributed by atoms with van der Waals surface area (Å²) in [6, 6.07) is 10.5. The van der Waals surface area contributed by atoms with E-state index in [9.17, 15) is 14.4 Å². The highest BCUT2D eigenvalue weighted by atomic mass is 35.5. The van der Waals surface area contributed by atoms with E-state index in [1.807, 2.05) is 18.2 Å². The van der Waals surface area contributed by atoms with Crippen LogP contribution in [0, 0.1) is 11.8 Å². The zero-order chi connectivity index (χ0) is 22.4. The third-order valence-electron chi connectivity index (χ3n) is 7.57. The van der Waals surface area contributed by atoms with Crippen molar-refractivity contribution in [3.05, 3.63) is 57.6 Å². The fourth-order valence-corrected chi connectivity index (χ4v) is 6.91. The number of amides is 3. The van der Waals surface area contributed by atoms with Crippen molar-refractivity contribution in [3.63, 3.8) is 0 Å². The molecule has 0 saturated carbocycles. The molecule has 8 heteroatoms. The van der Waals surface area contributed by atoms with E-state index in [4.69, 9.17) is 23.2 Å². The van der Waals surface area contributed by atoms with Crippen molar-refractivity contribution in [1.29, 1.82) is 0 Å². The zero-order valence-electron chi connectivity index (χ0n) is 17.4. The first-order valence-electron chi connectivity index (χ1n) is 10.9. The highest BCUT2D eigenvalue weighted by Gasteiger charge is 2.74. The quantitative estimate of drug-likeness (QED) is 0.675. The lowest BCUT2D eigenvalue weighted by molar-refractivity contribution is -0.135. The largest absolute Gasteiger partial charge is 0.324 e. The second-order valence-electron chi connectivity index (χ2n) is 9.00. The van der Waals surface area contributed by atoms with E-state index in [-0.39, 0.29) is 23.8 Å². The number of fused-ring (bicyclic) bond motifs is 7. The third kappa shape index (κ3) is 2.38. The Balaban J connectivity index is 1.56. The predicted molar refractivity (Wildman–Crippen MR) is 122 cm³/mol. The third-order valence-corrected chi connectivity index (χ3v) is 8.01. The van der Waals surface area contributed by atoms with Gasteiger partial charge in [0.25, 0.3) is 0 Å². The Morgan fingerprint density at radius 2 is 1.81 bits per heavy atom. The molecule has 0 aromatic heterocycles. The van der Waals surface area contributed by atoms with Crippen LogP contribution >= 0.6 is 23.2 Å². The molecule has 4 aliphatic heterocycles. The molecule has 6 rings (SSSR count). The smallest absolute Gasteiger partial charge is 0.250 e. The molecule has 2 aromatic rings. The average Bonchev–Trinajstić information content (AvgIpc) is 3.45. The van der Waals surface area contributed by atoms with Gasteiger partial charge in [-0.05, 0) is 55.6 Å². The van der Waals surface area contributed by atoms with Gasteiger partial charge in [0, 0.05) is 27.3 Å². The van der Waals surface area contributed by atoms with E-state index in [0.29, 0.717) is 22.3 Å². The van der Waals surface area contributed by atoms with Crippen molar-refractivity contribution in [2.24, 2.45) is 11.8 Å². The van der Waals surface area contributed by atoms with Gasteiger partial charge >= 0.3 is 0 Å². The standard InChI is InChI=1S/C24H21Cl2N3O3/c1-2-12-5-6-17-16(8-12)24(23(32)27-17)20-19(18-4-3-7-28(18)24)21(30)29(22(20)31)15-10-13(25)9-14(26)11-15/h5-6,8-11,18-20H,2-4,7H2,1H3,(H,27,32)/t18-,19+,20-,24+/m0/s1. The molecule has 1 spiro atoms. The molecule has 1 N–H and O–H groups in total. The maximum atomic E-state index is 13.9. The molecule has 2 aromatic carbocycles. The van der Waals surface area contributed by atoms with E-state index >= 15 is 0 Å². The Morgan fingerprint density at radius 3 is 2.53 bits per heavy atom. The highest BCUT2D eigenvalue weighted by molar-refractivity contribution is 6.36. The lowest BCUT2D eigenvalue weighted by atomic mass is 9.75. The molecule has 3 saturated heterocycles. The minimum Gasteiger partial charge on any atom is -0.324 e. The van der Waals surface area contributed by atoms with Gasteiger partial charge in [-0.25, -0.2) is 4.90 Å². The van der Waals surface area contributed by atoms with Gasteiger partial charge in [0.05, 0.1) is 17.5 Å². The van der Waals surface area contributed by atoms with Crippen LogP contribution in [-0.4, -0.2) is 35.2 Å². The summed E-state index contributed by atoms with van der Waals surface area (Å²) >= 11 is 12.3. The molecule has 3 amide bonds. The van der Waals surface area contributed by atoms with Crippen LogP contribution in [0.2, 0.25) is 10.0 Å². The van der Waals surface area contributed by atoms with Crippen molar-refractivity contribution >= 4 is 52.3 Å². The molecular formula is C24H21Cl2N3O3. The SMILES string of the molecule is CCc1ccc2c(c1)[C@]1(C(=O)N2)[C@@H]2C(=O)N(c3cc(Cl)cc(Cl)c3)C(=O)[C@@H]2[C@@H]2CCCN21. The number of halogens is 2. The van der Waals surface area contributed by atoms with Crippen molar-refractivity contribution in [2.75, 3.05) is 16.8 Å². The van der Waals surface area contributed by atoms with Crippen molar-refractivity contribution in [1.82, 2.24) is 4.90 Å². The molecule has 4 aliphatic rings. The minimum atomic E-state index is -1.17. The normalized spacial score (nSPS) is 30.8. The van der Waals surface area contributed by atoms with Crippen LogP contribution in [0.15, 0.2) is 36.4 Å². The van der Waals surface area contributed by atoms with E-state index in [1.54, 1.807) is 18.2 Å². The van der Waals surface area contributed by atoms with Crippen molar-refractivity contribution in [3.8, 4) is 0 Å². The Kier molecular flexibility index (Phi) is 4.29. The van der Waals surface area contributed by atoms with E-state index in [1.165, 1.54) is 4.90 Å². The second kappa shape index (κ2) is 6.80. The summed E-state index contributed by atoms with van der Waals surface area (Å²) in [5.41, 5.74) is 1.81. The van der Waals surface area contributed by atoms with Crippen LogP contribution in [0.4, 0.5) is 11.4 Å². The van der Waals surface area contributed by atoms with Crippen molar-refractivity contribution in [2.45, 2.75) is 37.8 Å². The number of hydrogen-bond donors (Lipinski definition) is 1. The van der Waals surface area contributed by atoms with E-state index in [2.05, 4.69) is 17.1 Å². The van der Waals surface area contributed by atoms with Crippen LogP contribution < -0.4 is 10.2 Å². The van der Waals surface area contributed by atoms with Gasteiger partial charge < -0.3 is 5.32 Å². The maximum Gasteiger partial charge on any atom is 0.250 e. The van der Waals surface area contributed by atoms with Crippen LogP contribution in [0.5, 0.6) is 0 Å². The van der Waals surface area contributed by atoms with Crippen LogP contribution in [-0.2, 0) is 26.3 Å². The number of nitrogens with one attached hydrogen (secondary N) is 1. The number of imide groups is 1. The molecule has 4 heterocycles. The summed E-state index contributed by atoms with van der Waals surface area (Å²) in [6.45, 7) is 2.74. The fourth-order valence-electron chi connectivity index (χ4n) is 6.39. The van der Waals surface area contributed by atoms with Gasteiger partial charge in [0.15, 0.2) is 0 Å². The molecule has 0 bridgehead atoms. The molecule has 32 heavy (non-hydrogen) atoms. The first kappa shape index (κ1) is 20.2. The van der Waals surface area contributed by atoms with Gasteiger partial charge in [-0.2, -0.15) is 0 Å². The Bertz CT molecular complexity index is 1190. The Morgan fingerprint density at radius 1 is 1.06 bits per heavy atom. The lowest BCUT2D eigenvalue weighted by Crippen LogP contribution is -2.54. The molecule has 164 valence electrons. The molecule has 4 atom stereocenters. The predicted octanol–water partition coefficient (Wildman–Crippen LogP) is 3.99. The second-order valence-corrected chi connectivity index (χ2v) is 9.87. The van der Waals surface area contributed by atoms with Gasteiger partial charge in [-0.15, -0.1) is 0 Å². The summed E-state index contributed by atoms with van der Waals surface area (Å²) in [4.78, 5) is 44.6. The minimum absolute atomic E-state index is 0.155. The van der Waals surface area contributed by atoms with Gasteiger partial charge in [0.2, 0.25) is 17.7 Å². The number of hydrogen-bond acceptors (Lipinski definition) is 4. The van der Waals surface area contributed by atoms with Crippen LogP contribution in [0.1, 0.15) is 30.9 Å². The molecule has 0 radical (unpaired) electrons. The zero-order valence-corrected chi connectivity index (χ0v) is 18.9. The summed E-state index contributed by atoms with van der Waals surface area (Å²) in [5.74, 6) is -2.22. The lowest BCUT2D eigenvalue weighted by Gasteiger charge is -2.36. The van der Waals surface area contributed by atoms with Gasteiger partial charge in [-0.3, -0.25) is 19.3 Å². The van der Waals surface area contributed by atoms with E-state index in [0.717, 1.165) is 36.1 Å². The molecular weight excluding hydrogens is 449 g/mol. The van der Waals surface area contributed by atoms with Gasteiger partial charge in [0.1, 0.15) is 5.54 Å². The van der Waals surface area contributed by atoms with Crippen LogP contribution in [0.25, 0.3) is 0 Å². The summed E-state index contributed by atoms with van der Waals surface area (Å²) in [5, 5.41) is 3.70. The summed E-state index contributed by atoms with van der Waals surface area (Å²) in [6.07, 6.45) is 2.48. The molecule has 0 unspecified atom stereocenters. The number of benzene rings is 2. The first-order chi connectivity index (χ1) is 15.4. The number of carbonyl (C=O) groups excluding carboxylic acids is 3. The Labute approximate surface area is 195 Å². The Hall–Kier alpha value is -2.41. The van der Waals surface area contributed by atoms with E-state index < -0.39 is 17.4 Å². The highest BCUT2D eigenvalue weighted by Crippen LogP contribution is 2.60. The first-order valence-corrected chi connectivity index (χ1v) is 11.7.